The van der Waals surface area contributed by atoms with E-state index in [-0.39, 0.29) is 11.9 Å². The summed E-state index contributed by atoms with van der Waals surface area (Å²) in [6, 6.07) is 3.61. The molecule has 2 aromatic rings. The molecule has 23 heavy (non-hydrogen) atoms. The lowest BCUT2D eigenvalue weighted by atomic mass is 9.96. The van der Waals surface area contributed by atoms with E-state index >= 15 is 0 Å². The smallest absolute Gasteiger partial charge is 0.277 e. The van der Waals surface area contributed by atoms with Crippen LogP contribution in [0.25, 0.3) is 0 Å². The number of aromatic nitrogens is 1. The molecule has 122 valence electrons. The summed E-state index contributed by atoms with van der Waals surface area (Å²) in [4.78, 5) is 14.8. The van der Waals surface area contributed by atoms with Crippen LogP contribution in [0.15, 0.2) is 21.1 Å². The first kappa shape index (κ1) is 14.5. The molecule has 1 amide bonds. The number of morpholine rings is 1. The second kappa shape index (κ2) is 5.85. The fourth-order valence-electron chi connectivity index (χ4n) is 3.40. The number of carbonyl (C=O) groups excluding carboxylic acids is 1. The van der Waals surface area contributed by atoms with E-state index in [2.05, 4.69) is 5.16 Å². The monoisotopic (exact) mass is 316 g/mol. The van der Waals surface area contributed by atoms with Crippen LogP contribution < -0.4 is 0 Å². The summed E-state index contributed by atoms with van der Waals surface area (Å²) in [6.07, 6.45) is 3.92. The summed E-state index contributed by atoms with van der Waals surface area (Å²) in [5, 5.41) is 4.07. The molecule has 2 aliphatic rings. The largest absolute Gasteiger partial charge is 0.464 e. The van der Waals surface area contributed by atoms with Crippen molar-refractivity contribution in [1.82, 2.24) is 10.1 Å². The molecule has 1 fully saturated rings. The summed E-state index contributed by atoms with van der Waals surface area (Å²) in [5.41, 5.74) is 1.46. The van der Waals surface area contributed by atoms with Gasteiger partial charge >= 0.3 is 0 Å². The zero-order valence-corrected chi connectivity index (χ0v) is 13.2. The molecule has 3 heterocycles. The predicted octanol–water partition coefficient (Wildman–Crippen LogP) is 2.67. The average Bonchev–Trinajstić information content (AvgIpc) is 3.20. The van der Waals surface area contributed by atoms with Gasteiger partial charge in [-0.3, -0.25) is 4.79 Å². The van der Waals surface area contributed by atoms with E-state index in [9.17, 15) is 4.79 Å². The minimum atomic E-state index is -0.208. The quantitative estimate of drug-likeness (QED) is 0.852. The van der Waals surface area contributed by atoms with Crippen LogP contribution in [-0.4, -0.2) is 35.7 Å². The van der Waals surface area contributed by atoms with Gasteiger partial charge in [0.2, 0.25) is 0 Å². The lowest BCUT2D eigenvalue weighted by Crippen LogP contribution is -2.43. The van der Waals surface area contributed by atoms with Crippen LogP contribution in [0.3, 0.4) is 0 Å². The van der Waals surface area contributed by atoms with Crippen molar-refractivity contribution >= 4 is 5.91 Å². The second-order valence-electron chi connectivity index (χ2n) is 6.18. The standard InChI is InChI=1S/C17H20N2O4/c1-11-6-7-15(22-11)13-10-21-9-8-19(13)17(20)16-12-4-2-3-5-14(12)23-18-16/h6-7,13H,2-5,8-10H2,1H3/t13-/m1/s1. The number of fused-ring (bicyclic) bond motifs is 1. The van der Waals surface area contributed by atoms with E-state index in [4.69, 9.17) is 13.7 Å². The molecule has 0 radical (unpaired) electrons. The molecule has 1 aliphatic heterocycles. The third-order valence-corrected chi connectivity index (χ3v) is 4.63. The van der Waals surface area contributed by atoms with Crippen LogP contribution >= 0.6 is 0 Å². The Balaban J connectivity index is 1.64. The van der Waals surface area contributed by atoms with Gasteiger partial charge in [0.15, 0.2) is 5.69 Å². The number of aryl methyl sites for hydroxylation is 2. The van der Waals surface area contributed by atoms with Gasteiger partial charge in [-0.05, 0) is 38.3 Å². The first-order valence-electron chi connectivity index (χ1n) is 8.16. The molecule has 6 nitrogen and oxygen atoms in total. The van der Waals surface area contributed by atoms with Gasteiger partial charge in [-0.1, -0.05) is 5.16 Å². The molecule has 0 unspecified atom stereocenters. The van der Waals surface area contributed by atoms with Crippen molar-refractivity contribution in [3.63, 3.8) is 0 Å². The lowest BCUT2D eigenvalue weighted by molar-refractivity contribution is -0.00947. The van der Waals surface area contributed by atoms with Gasteiger partial charge in [-0.15, -0.1) is 0 Å². The first-order chi connectivity index (χ1) is 11.2. The zero-order chi connectivity index (χ0) is 15.8. The Bertz CT molecular complexity index is 718. The highest BCUT2D eigenvalue weighted by atomic mass is 16.5. The Morgan fingerprint density at radius 2 is 2.17 bits per heavy atom. The van der Waals surface area contributed by atoms with Crippen LogP contribution in [0.2, 0.25) is 0 Å². The van der Waals surface area contributed by atoms with Gasteiger partial charge in [-0.2, -0.15) is 0 Å². The molecule has 1 aliphatic carbocycles. The maximum atomic E-state index is 13.0. The maximum absolute atomic E-state index is 13.0. The van der Waals surface area contributed by atoms with Crippen LogP contribution in [0.5, 0.6) is 0 Å². The Morgan fingerprint density at radius 1 is 1.30 bits per heavy atom. The van der Waals surface area contributed by atoms with Crippen molar-refractivity contribution in [1.29, 1.82) is 0 Å². The SMILES string of the molecule is Cc1ccc([C@H]2COCCN2C(=O)c2noc3c2CCCC3)o1. The molecule has 0 saturated carbocycles. The van der Waals surface area contributed by atoms with Gasteiger partial charge in [0.05, 0.1) is 13.2 Å². The molecule has 0 bridgehead atoms. The van der Waals surface area contributed by atoms with Gasteiger partial charge < -0.3 is 18.6 Å². The lowest BCUT2D eigenvalue weighted by Gasteiger charge is -2.34. The molecule has 4 rings (SSSR count). The van der Waals surface area contributed by atoms with E-state index in [1.54, 1.807) is 4.90 Å². The molecular weight excluding hydrogens is 296 g/mol. The van der Waals surface area contributed by atoms with Crippen LogP contribution in [0.1, 0.15) is 52.2 Å². The number of furan rings is 1. The molecule has 1 atom stereocenters. The predicted molar refractivity (Wildman–Crippen MR) is 81.2 cm³/mol. The Labute approximate surface area is 134 Å². The Hall–Kier alpha value is -2.08. The minimum absolute atomic E-state index is 0.0840. The molecule has 6 heteroatoms. The Kier molecular flexibility index (Phi) is 3.69. The third kappa shape index (κ3) is 2.57. The molecule has 1 saturated heterocycles. The molecule has 2 aromatic heterocycles. The normalized spacial score (nSPS) is 21.3. The van der Waals surface area contributed by atoms with Crippen molar-refractivity contribution in [3.8, 4) is 0 Å². The molecular formula is C17H20N2O4. The minimum Gasteiger partial charge on any atom is -0.464 e. The topological polar surface area (TPSA) is 68.7 Å². The average molecular weight is 316 g/mol. The molecule has 0 aromatic carbocycles. The van der Waals surface area contributed by atoms with Crippen molar-refractivity contribution in [2.24, 2.45) is 0 Å². The summed E-state index contributed by atoms with van der Waals surface area (Å²) >= 11 is 0. The molecule has 0 spiro atoms. The first-order valence-corrected chi connectivity index (χ1v) is 8.16. The van der Waals surface area contributed by atoms with Gasteiger partial charge in [0, 0.05) is 18.5 Å². The van der Waals surface area contributed by atoms with Gasteiger partial charge in [0.1, 0.15) is 23.3 Å². The van der Waals surface area contributed by atoms with E-state index in [0.29, 0.717) is 25.5 Å². The van der Waals surface area contributed by atoms with Crippen LogP contribution in [-0.2, 0) is 17.6 Å². The number of rotatable bonds is 2. The number of hydrogen-bond acceptors (Lipinski definition) is 5. The van der Waals surface area contributed by atoms with Crippen molar-refractivity contribution in [2.45, 2.75) is 38.6 Å². The van der Waals surface area contributed by atoms with Crippen molar-refractivity contribution < 1.29 is 18.5 Å². The fourth-order valence-corrected chi connectivity index (χ4v) is 3.40. The van der Waals surface area contributed by atoms with E-state index in [1.807, 2.05) is 19.1 Å². The number of amides is 1. The number of hydrogen-bond donors (Lipinski definition) is 0. The van der Waals surface area contributed by atoms with Crippen molar-refractivity contribution in [2.75, 3.05) is 19.8 Å². The van der Waals surface area contributed by atoms with Gasteiger partial charge in [0.25, 0.3) is 5.91 Å². The summed E-state index contributed by atoms with van der Waals surface area (Å²) in [7, 11) is 0. The summed E-state index contributed by atoms with van der Waals surface area (Å²) in [6.45, 7) is 3.40. The number of carbonyl (C=O) groups is 1. The number of nitrogens with zero attached hydrogens (tertiary/aromatic N) is 2. The highest BCUT2D eigenvalue weighted by molar-refractivity contribution is 5.94. The highest BCUT2D eigenvalue weighted by Crippen LogP contribution is 2.30. The fraction of sp³-hybridized carbons (Fsp3) is 0.529. The van der Waals surface area contributed by atoms with E-state index < -0.39 is 0 Å². The van der Waals surface area contributed by atoms with Crippen LogP contribution in [0, 0.1) is 6.92 Å². The second-order valence-corrected chi connectivity index (χ2v) is 6.18. The maximum Gasteiger partial charge on any atom is 0.277 e. The van der Waals surface area contributed by atoms with Crippen LogP contribution in [0.4, 0.5) is 0 Å². The Morgan fingerprint density at radius 3 is 3.00 bits per heavy atom. The highest BCUT2D eigenvalue weighted by Gasteiger charge is 2.35. The third-order valence-electron chi connectivity index (χ3n) is 4.63. The van der Waals surface area contributed by atoms with E-state index in [0.717, 1.165) is 48.5 Å². The number of ether oxygens (including phenoxy) is 1. The van der Waals surface area contributed by atoms with Crippen molar-refractivity contribution in [3.05, 3.63) is 40.7 Å². The summed E-state index contributed by atoms with van der Waals surface area (Å²) < 4.78 is 16.7. The zero-order valence-electron chi connectivity index (χ0n) is 13.2. The molecule has 0 N–H and O–H groups in total. The van der Waals surface area contributed by atoms with E-state index in [1.165, 1.54) is 0 Å². The van der Waals surface area contributed by atoms with Gasteiger partial charge in [-0.25, -0.2) is 0 Å². The summed E-state index contributed by atoms with van der Waals surface area (Å²) in [5.74, 6) is 2.38.